The number of anilines is 1. The highest BCUT2D eigenvalue weighted by Gasteiger charge is 2.07. The van der Waals surface area contributed by atoms with Gasteiger partial charge in [0.15, 0.2) is 0 Å². The van der Waals surface area contributed by atoms with Crippen molar-refractivity contribution in [2.75, 3.05) is 5.73 Å². The van der Waals surface area contributed by atoms with E-state index in [1.165, 1.54) is 24.3 Å². The third-order valence-electron chi connectivity index (χ3n) is 2.24. The van der Waals surface area contributed by atoms with E-state index in [0.29, 0.717) is 16.1 Å². The Morgan fingerprint density at radius 2 is 1.69 bits per heavy atom. The summed E-state index contributed by atoms with van der Waals surface area (Å²) in [5.41, 5.74) is 6.11. The minimum Gasteiger partial charge on any atom is -0.396 e. The van der Waals surface area contributed by atoms with Crippen LogP contribution in [0, 0.1) is 11.6 Å². The standard InChI is InChI=1S/C12H8ClF2N/c13-8-2-3-9(10(14)6-8)7-1-4-12(16)11(15)5-7/h1-6H,16H2. The van der Waals surface area contributed by atoms with Gasteiger partial charge in [-0.15, -0.1) is 0 Å². The van der Waals surface area contributed by atoms with E-state index in [0.717, 1.165) is 0 Å². The highest BCUT2D eigenvalue weighted by molar-refractivity contribution is 6.30. The average molecular weight is 240 g/mol. The molecule has 0 aromatic heterocycles. The first-order chi connectivity index (χ1) is 7.58. The van der Waals surface area contributed by atoms with Crippen molar-refractivity contribution in [3.8, 4) is 11.1 Å². The molecule has 4 heteroatoms. The van der Waals surface area contributed by atoms with Crippen molar-refractivity contribution in [1.82, 2.24) is 0 Å². The van der Waals surface area contributed by atoms with E-state index in [-0.39, 0.29) is 5.69 Å². The molecule has 1 nitrogen and oxygen atoms in total. The molecule has 0 saturated heterocycles. The van der Waals surface area contributed by atoms with Crippen molar-refractivity contribution in [3.05, 3.63) is 53.1 Å². The van der Waals surface area contributed by atoms with Crippen LogP contribution >= 0.6 is 11.6 Å². The normalized spacial score (nSPS) is 10.4. The summed E-state index contributed by atoms with van der Waals surface area (Å²) in [4.78, 5) is 0. The molecular formula is C12H8ClF2N. The van der Waals surface area contributed by atoms with Crippen LogP contribution in [0.25, 0.3) is 11.1 Å². The van der Waals surface area contributed by atoms with E-state index in [1.54, 1.807) is 12.1 Å². The Balaban J connectivity index is 2.54. The van der Waals surface area contributed by atoms with Gasteiger partial charge in [-0.05, 0) is 35.9 Å². The smallest absolute Gasteiger partial charge is 0.146 e. The van der Waals surface area contributed by atoms with E-state index in [9.17, 15) is 8.78 Å². The molecule has 2 rings (SSSR count). The summed E-state index contributed by atoms with van der Waals surface area (Å²) in [6.07, 6.45) is 0. The molecule has 0 atom stereocenters. The molecule has 2 N–H and O–H groups in total. The van der Waals surface area contributed by atoms with Gasteiger partial charge >= 0.3 is 0 Å². The third kappa shape index (κ3) is 1.99. The van der Waals surface area contributed by atoms with Crippen LogP contribution in [0.3, 0.4) is 0 Å². The second kappa shape index (κ2) is 4.10. The summed E-state index contributed by atoms with van der Waals surface area (Å²) in [6, 6.07) is 8.40. The lowest BCUT2D eigenvalue weighted by Crippen LogP contribution is -1.91. The van der Waals surface area contributed by atoms with Crippen molar-refractivity contribution < 1.29 is 8.78 Å². The van der Waals surface area contributed by atoms with Gasteiger partial charge in [-0.2, -0.15) is 0 Å². The van der Waals surface area contributed by atoms with Crippen molar-refractivity contribution >= 4 is 17.3 Å². The van der Waals surface area contributed by atoms with Gasteiger partial charge in [0.2, 0.25) is 0 Å². The number of rotatable bonds is 1. The molecule has 2 aromatic rings. The Labute approximate surface area is 96.5 Å². The summed E-state index contributed by atoms with van der Waals surface area (Å²) < 4.78 is 26.7. The minimum atomic E-state index is -0.563. The highest BCUT2D eigenvalue weighted by Crippen LogP contribution is 2.27. The first-order valence-corrected chi connectivity index (χ1v) is 4.96. The lowest BCUT2D eigenvalue weighted by atomic mass is 10.0. The maximum Gasteiger partial charge on any atom is 0.146 e. The summed E-state index contributed by atoms with van der Waals surface area (Å²) >= 11 is 5.63. The zero-order valence-corrected chi connectivity index (χ0v) is 8.93. The van der Waals surface area contributed by atoms with Gasteiger partial charge in [-0.3, -0.25) is 0 Å². The maximum atomic E-state index is 13.5. The molecule has 0 aliphatic heterocycles. The van der Waals surface area contributed by atoms with Crippen LogP contribution in [0.4, 0.5) is 14.5 Å². The van der Waals surface area contributed by atoms with Gasteiger partial charge in [0.1, 0.15) is 11.6 Å². The fourth-order valence-electron chi connectivity index (χ4n) is 1.42. The maximum absolute atomic E-state index is 13.5. The number of nitrogen functional groups attached to an aromatic ring is 1. The van der Waals surface area contributed by atoms with Crippen molar-refractivity contribution in [2.24, 2.45) is 0 Å². The molecule has 0 radical (unpaired) electrons. The zero-order valence-electron chi connectivity index (χ0n) is 8.18. The summed E-state index contributed by atoms with van der Waals surface area (Å²) in [5, 5.41) is 0.303. The topological polar surface area (TPSA) is 26.0 Å². The number of halogens is 3. The number of nitrogens with two attached hydrogens (primary N) is 1. The zero-order chi connectivity index (χ0) is 11.7. The SMILES string of the molecule is Nc1ccc(-c2ccc(Cl)cc2F)cc1F. The number of benzene rings is 2. The Bertz CT molecular complexity index is 541. The molecule has 0 spiro atoms. The van der Waals surface area contributed by atoms with Gasteiger partial charge in [0.25, 0.3) is 0 Å². The predicted molar refractivity (Wildman–Crippen MR) is 61.2 cm³/mol. The molecular weight excluding hydrogens is 232 g/mol. The second-order valence-electron chi connectivity index (χ2n) is 3.36. The van der Waals surface area contributed by atoms with E-state index >= 15 is 0 Å². The Hall–Kier alpha value is -1.61. The molecule has 2 aromatic carbocycles. The van der Waals surface area contributed by atoms with Crippen molar-refractivity contribution in [1.29, 1.82) is 0 Å². The third-order valence-corrected chi connectivity index (χ3v) is 2.48. The molecule has 0 heterocycles. The quantitative estimate of drug-likeness (QED) is 0.751. The molecule has 0 unspecified atom stereocenters. The van der Waals surface area contributed by atoms with Gasteiger partial charge in [-0.1, -0.05) is 17.7 Å². The lowest BCUT2D eigenvalue weighted by molar-refractivity contribution is 0.627. The molecule has 0 bridgehead atoms. The monoisotopic (exact) mass is 239 g/mol. The van der Waals surface area contributed by atoms with E-state index in [2.05, 4.69) is 0 Å². The van der Waals surface area contributed by atoms with Gasteiger partial charge < -0.3 is 5.73 Å². The Morgan fingerprint density at radius 1 is 0.938 bits per heavy atom. The fraction of sp³-hybridized carbons (Fsp3) is 0. The number of hydrogen-bond acceptors (Lipinski definition) is 1. The van der Waals surface area contributed by atoms with Crippen molar-refractivity contribution in [3.63, 3.8) is 0 Å². The van der Waals surface area contributed by atoms with Crippen LogP contribution in [0.2, 0.25) is 5.02 Å². The van der Waals surface area contributed by atoms with Crippen LogP contribution in [-0.2, 0) is 0 Å². The van der Waals surface area contributed by atoms with E-state index in [1.807, 2.05) is 0 Å². The predicted octanol–water partition coefficient (Wildman–Crippen LogP) is 3.87. The molecule has 0 saturated carbocycles. The lowest BCUT2D eigenvalue weighted by Gasteiger charge is -2.05. The van der Waals surface area contributed by atoms with Gasteiger partial charge in [0, 0.05) is 10.6 Å². The first-order valence-electron chi connectivity index (χ1n) is 4.58. The largest absolute Gasteiger partial charge is 0.396 e. The molecule has 0 aliphatic carbocycles. The molecule has 0 amide bonds. The fourth-order valence-corrected chi connectivity index (χ4v) is 1.58. The van der Waals surface area contributed by atoms with Crippen LogP contribution in [0.5, 0.6) is 0 Å². The molecule has 0 aliphatic rings. The highest BCUT2D eigenvalue weighted by atomic mass is 35.5. The average Bonchev–Trinajstić information content (AvgIpc) is 2.22. The van der Waals surface area contributed by atoms with Crippen LogP contribution in [0.1, 0.15) is 0 Å². The minimum absolute atomic E-state index is 0.0399. The Kier molecular flexibility index (Phi) is 2.79. The van der Waals surface area contributed by atoms with Crippen LogP contribution in [-0.4, -0.2) is 0 Å². The van der Waals surface area contributed by atoms with E-state index < -0.39 is 11.6 Å². The molecule has 82 valence electrons. The van der Waals surface area contributed by atoms with Crippen LogP contribution < -0.4 is 5.73 Å². The van der Waals surface area contributed by atoms with Crippen LogP contribution in [0.15, 0.2) is 36.4 Å². The first kappa shape index (κ1) is 10.9. The molecule has 16 heavy (non-hydrogen) atoms. The summed E-state index contributed by atoms with van der Waals surface area (Å²) in [5.74, 6) is -1.05. The van der Waals surface area contributed by atoms with E-state index in [4.69, 9.17) is 17.3 Å². The van der Waals surface area contributed by atoms with Gasteiger partial charge in [-0.25, -0.2) is 8.78 Å². The Morgan fingerprint density at radius 3 is 2.31 bits per heavy atom. The van der Waals surface area contributed by atoms with Gasteiger partial charge in [0.05, 0.1) is 5.69 Å². The molecule has 0 fully saturated rings. The summed E-state index contributed by atoms with van der Waals surface area (Å²) in [6.45, 7) is 0. The number of hydrogen-bond donors (Lipinski definition) is 1. The second-order valence-corrected chi connectivity index (χ2v) is 3.80. The summed E-state index contributed by atoms with van der Waals surface area (Å²) in [7, 11) is 0. The van der Waals surface area contributed by atoms with Crippen molar-refractivity contribution in [2.45, 2.75) is 0 Å².